The number of aromatic nitrogens is 3. The first-order chi connectivity index (χ1) is 7.59. The molecule has 16 heavy (non-hydrogen) atoms. The topological polar surface area (TPSA) is 34.0 Å². The highest BCUT2D eigenvalue weighted by molar-refractivity contribution is 5.74. The van der Waals surface area contributed by atoms with Gasteiger partial charge in [-0.25, -0.2) is 4.98 Å². The van der Waals surface area contributed by atoms with E-state index in [1.54, 1.807) is 0 Å². The highest BCUT2D eigenvalue weighted by Crippen LogP contribution is 2.20. The van der Waals surface area contributed by atoms with E-state index >= 15 is 0 Å². The third-order valence-corrected chi connectivity index (χ3v) is 2.54. The van der Waals surface area contributed by atoms with Crippen molar-refractivity contribution in [2.24, 2.45) is 0 Å². The van der Waals surface area contributed by atoms with Crippen LogP contribution in [0.2, 0.25) is 0 Å². The van der Waals surface area contributed by atoms with E-state index in [-0.39, 0.29) is 0 Å². The maximum Gasteiger partial charge on any atom is 0.124 e. The van der Waals surface area contributed by atoms with Gasteiger partial charge in [-0.15, -0.1) is 0 Å². The minimum Gasteiger partial charge on any atom is -0.324 e. The Kier molecular flexibility index (Phi) is 2.92. The first kappa shape index (κ1) is 11.1. The van der Waals surface area contributed by atoms with Crippen LogP contribution in [0.3, 0.4) is 0 Å². The SMILES string of the molecule is CC(C)n1c(CN(C)C)nc2cnccc21. The van der Waals surface area contributed by atoms with E-state index in [0.29, 0.717) is 6.04 Å². The van der Waals surface area contributed by atoms with Gasteiger partial charge in [-0.1, -0.05) is 0 Å². The molecule has 86 valence electrons. The van der Waals surface area contributed by atoms with Crippen molar-refractivity contribution >= 4 is 11.0 Å². The number of fused-ring (bicyclic) bond motifs is 1. The molecule has 0 saturated heterocycles. The third kappa shape index (κ3) is 1.93. The van der Waals surface area contributed by atoms with Gasteiger partial charge in [0.2, 0.25) is 0 Å². The largest absolute Gasteiger partial charge is 0.324 e. The summed E-state index contributed by atoms with van der Waals surface area (Å²) in [6.07, 6.45) is 3.65. The summed E-state index contributed by atoms with van der Waals surface area (Å²) in [6.45, 7) is 5.22. The zero-order valence-electron chi connectivity index (χ0n) is 10.3. The molecule has 0 aliphatic heterocycles. The van der Waals surface area contributed by atoms with Crippen LogP contribution in [-0.2, 0) is 6.54 Å². The molecule has 0 aliphatic rings. The molecule has 0 bridgehead atoms. The predicted octanol–water partition coefficient (Wildman–Crippen LogP) is 2.07. The Morgan fingerprint density at radius 2 is 2.12 bits per heavy atom. The van der Waals surface area contributed by atoms with E-state index < -0.39 is 0 Å². The van der Waals surface area contributed by atoms with Gasteiger partial charge in [-0.2, -0.15) is 0 Å². The predicted molar refractivity (Wildman–Crippen MR) is 65.3 cm³/mol. The van der Waals surface area contributed by atoms with Gasteiger partial charge < -0.3 is 9.47 Å². The summed E-state index contributed by atoms with van der Waals surface area (Å²) in [5.74, 6) is 1.10. The van der Waals surface area contributed by atoms with Crippen molar-refractivity contribution in [1.29, 1.82) is 0 Å². The monoisotopic (exact) mass is 218 g/mol. The van der Waals surface area contributed by atoms with E-state index in [4.69, 9.17) is 0 Å². The lowest BCUT2D eigenvalue weighted by molar-refractivity contribution is 0.377. The average molecular weight is 218 g/mol. The van der Waals surface area contributed by atoms with E-state index in [2.05, 4.69) is 47.4 Å². The molecule has 0 spiro atoms. The minimum atomic E-state index is 0.419. The Hall–Kier alpha value is -1.42. The highest BCUT2D eigenvalue weighted by atomic mass is 15.2. The molecule has 0 aliphatic carbocycles. The van der Waals surface area contributed by atoms with Gasteiger partial charge in [-0.05, 0) is 34.0 Å². The van der Waals surface area contributed by atoms with Crippen molar-refractivity contribution < 1.29 is 0 Å². The molecule has 0 amide bonds. The van der Waals surface area contributed by atoms with Gasteiger partial charge in [0, 0.05) is 12.2 Å². The molecular formula is C12H18N4. The molecule has 0 fully saturated rings. The van der Waals surface area contributed by atoms with E-state index in [9.17, 15) is 0 Å². The van der Waals surface area contributed by atoms with Gasteiger partial charge >= 0.3 is 0 Å². The van der Waals surface area contributed by atoms with Crippen molar-refractivity contribution in [3.63, 3.8) is 0 Å². The van der Waals surface area contributed by atoms with E-state index in [1.165, 1.54) is 5.52 Å². The van der Waals surface area contributed by atoms with E-state index in [0.717, 1.165) is 17.9 Å². The Balaban J connectivity index is 2.58. The second kappa shape index (κ2) is 4.22. The van der Waals surface area contributed by atoms with Crippen LogP contribution in [0, 0.1) is 0 Å². The maximum atomic E-state index is 4.63. The van der Waals surface area contributed by atoms with Crippen LogP contribution in [0.4, 0.5) is 0 Å². The Bertz CT molecular complexity index is 485. The molecule has 4 heteroatoms. The molecule has 2 aromatic rings. The van der Waals surface area contributed by atoms with Crippen LogP contribution < -0.4 is 0 Å². The first-order valence-electron chi connectivity index (χ1n) is 5.55. The zero-order chi connectivity index (χ0) is 11.7. The van der Waals surface area contributed by atoms with Crippen molar-refractivity contribution in [1.82, 2.24) is 19.4 Å². The number of hydrogen-bond acceptors (Lipinski definition) is 3. The van der Waals surface area contributed by atoms with Crippen LogP contribution in [0.25, 0.3) is 11.0 Å². The summed E-state index contributed by atoms with van der Waals surface area (Å²) in [7, 11) is 4.12. The summed E-state index contributed by atoms with van der Waals surface area (Å²) in [5, 5.41) is 0. The fraction of sp³-hybridized carbons (Fsp3) is 0.500. The van der Waals surface area contributed by atoms with Crippen LogP contribution in [-0.4, -0.2) is 33.5 Å². The summed E-state index contributed by atoms with van der Waals surface area (Å²) in [4.78, 5) is 10.9. The summed E-state index contributed by atoms with van der Waals surface area (Å²) in [6, 6.07) is 2.45. The van der Waals surface area contributed by atoms with Crippen molar-refractivity contribution in [2.75, 3.05) is 14.1 Å². The second-order valence-corrected chi connectivity index (χ2v) is 4.59. The molecule has 0 N–H and O–H groups in total. The molecule has 0 saturated carbocycles. The summed E-state index contributed by atoms with van der Waals surface area (Å²) < 4.78 is 2.27. The molecule has 0 radical (unpaired) electrons. The van der Waals surface area contributed by atoms with Gasteiger partial charge in [0.15, 0.2) is 0 Å². The lowest BCUT2D eigenvalue weighted by atomic mass is 10.3. The van der Waals surface area contributed by atoms with Gasteiger partial charge in [0.25, 0.3) is 0 Å². The lowest BCUT2D eigenvalue weighted by Gasteiger charge is -2.15. The van der Waals surface area contributed by atoms with Crippen LogP contribution in [0.5, 0.6) is 0 Å². The molecule has 0 unspecified atom stereocenters. The van der Waals surface area contributed by atoms with E-state index in [1.807, 2.05) is 18.5 Å². The molecule has 0 aromatic carbocycles. The molecule has 4 nitrogen and oxygen atoms in total. The molecule has 2 aromatic heterocycles. The van der Waals surface area contributed by atoms with Crippen molar-refractivity contribution in [2.45, 2.75) is 26.4 Å². The van der Waals surface area contributed by atoms with Gasteiger partial charge in [0.05, 0.1) is 18.3 Å². The van der Waals surface area contributed by atoms with Crippen molar-refractivity contribution in [3.05, 3.63) is 24.3 Å². The standard InChI is InChI=1S/C12H18N4/c1-9(2)16-11-5-6-13-7-10(11)14-12(16)8-15(3)4/h5-7,9H,8H2,1-4H3. The van der Waals surface area contributed by atoms with Crippen LogP contribution >= 0.6 is 0 Å². The number of pyridine rings is 1. The Morgan fingerprint density at radius 1 is 1.38 bits per heavy atom. The maximum absolute atomic E-state index is 4.63. The normalized spacial score (nSPS) is 11.9. The third-order valence-electron chi connectivity index (χ3n) is 2.54. The summed E-state index contributed by atoms with van der Waals surface area (Å²) >= 11 is 0. The molecule has 2 rings (SSSR count). The fourth-order valence-electron chi connectivity index (χ4n) is 1.97. The quantitative estimate of drug-likeness (QED) is 0.791. The first-order valence-corrected chi connectivity index (χ1v) is 5.55. The molecular weight excluding hydrogens is 200 g/mol. The average Bonchev–Trinajstić information content (AvgIpc) is 2.53. The number of rotatable bonds is 3. The number of hydrogen-bond donors (Lipinski definition) is 0. The second-order valence-electron chi connectivity index (χ2n) is 4.59. The van der Waals surface area contributed by atoms with Gasteiger partial charge in [-0.3, -0.25) is 4.98 Å². The highest BCUT2D eigenvalue weighted by Gasteiger charge is 2.13. The molecule has 2 heterocycles. The number of imidazole rings is 1. The van der Waals surface area contributed by atoms with Crippen LogP contribution in [0.15, 0.2) is 18.5 Å². The molecule has 0 atom stereocenters. The van der Waals surface area contributed by atoms with Crippen LogP contribution in [0.1, 0.15) is 25.7 Å². The Labute approximate surface area is 95.9 Å². The van der Waals surface area contributed by atoms with Crippen molar-refractivity contribution in [3.8, 4) is 0 Å². The lowest BCUT2D eigenvalue weighted by Crippen LogP contribution is -2.16. The zero-order valence-corrected chi connectivity index (χ0v) is 10.3. The number of nitrogens with zero attached hydrogens (tertiary/aromatic N) is 4. The smallest absolute Gasteiger partial charge is 0.124 e. The minimum absolute atomic E-state index is 0.419. The summed E-state index contributed by atoms with van der Waals surface area (Å²) in [5.41, 5.74) is 2.15. The Morgan fingerprint density at radius 3 is 2.75 bits per heavy atom. The van der Waals surface area contributed by atoms with Gasteiger partial charge in [0.1, 0.15) is 11.3 Å². The fourth-order valence-corrected chi connectivity index (χ4v) is 1.97.